The van der Waals surface area contributed by atoms with Gasteiger partial charge in [0.2, 0.25) is 10.0 Å². The van der Waals surface area contributed by atoms with Crippen molar-refractivity contribution < 1.29 is 13.5 Å². The number of aromatic nitrogens is 1. The highest BCUT2D eigenvalue weighted by Gasteiger charge is 2.48. The van der Waals surface area contributed by atoms with E-state index in [-0.39, 0.29) is 11.8 Å². The van der Waals surface area contributed by atoms with E-state index in [2.05, 4.69) is 9.88 Å². The molecule has 6 nitrogen and oxygen atoms in total. The first-order valence-corrected chi connectivity index (χ1v) is 10.6. The van der Waals surface area contributed by atoms with Crippen LogP contribution in [0.2, 0.25) is 0 Å². The maximum absolute atomic E-state index is 13.1. The summed E-state index contributed by atoms with van der Waals surface area (Å²) in [6.07, 6.45) is 2.63. The summed E-state index contributed by atoms with van der Waals surface area (Å²) in [7, 11) is -3.47. The quantitative estimate of drug-likeness (QED) is 0.729. The molecule has 2 atom stereocenters. The lowest BCUT2D eigenvalue weighted by atomic mass is 9.85. The number of aromatic amines is 1. The van der Waals surface area contributed by atoms with Crippen LogP contribution in [0, 0.1) is 5.92 Å². The zero-order chi connectivity index (χ0) is 18.6. The first-order chi connectivity index (χ1) is 13.0. The van der Waals surface area contributed by atoms with Crippen LogP contribution in [0.3, 0.4) is 0 Å². The van der Waals surface area contributed by atoms with Gasteiger partial charge in [0.15, 0.2) is 0 Å². The number of hydrogen-bond acceptors (Lipinski definition) is 4. The third-order valence-corrected chi connectivity index (χ3v) is 7.71. The molecule has 0 aliphatic carbocycles. The van der Waals surface area contributed by atoms with Gasteiger partial charge in [-0.05, 0) is 54.3 Å². The van der Waals surface area contributed by atoms with Crippen molar-refractivity contribution in [3.63, 3.8) is 0 Å². The fraction of sp³-hybridized carbons (Fsp3) is 0.300. The summed E-state index contributed by atoms with van der Waals surface area (Å²) in [6, 6.07) is 14.5. The zero-order valence-electron chi connectivity index (χ0n) is 14.7. The molecule has 140 valence electrons. The van der Waals surface area contributed by atoms with Crippen LogP contribution in [-0.2, 0) is 10.0 Å². The Balaban J connectivity index is 1.33. The van der Waals surface area contributed by atoms with Crippen molar-refractivity contribution in [2.45, 2.75) is 17.4 Å². The number of piperidine rings is 1. The number of anilines is 1. The van der Waals surface area contributed by atoms with Gasteiger partial charge in [0.05, 0.1) is 4.90 Å². The summed E-state index contributed by atoms with van der Waals surface area (Å²) in [5.41, 5.74) is 1.92. The predicted octanol–water partition coefficient (Wildman–Crippen LogP) is 2.77. The summed E-state index contributed by atoms with van der Waals surface area (Å²) in [5, 5.41) is 10.5. The first kappa shape index (κ1) is 16.6. The standard InChI is InChI=1S/C20H21N3O3S/c24-17-4-2-16(3-5-17)22-10-8-20-15(12-22)13-23(20)27(25,26)18-6-1-14-7-9-21-19(14)11-18/h1-7,9,11,15,20-21,24H,8,10,12-13H2. The maximum atomic E-state index is 13.1. The number of rotatable bonds is 3. The Labute approximate surface area is 158 Å². The van der Waals surface area contributed by atoms with Crippen LogP contribution >= 0.6 is 0 Å². The molecule has 0 bridgehead atoms. The van der Waals surface area contributed by atoms with Crippen molar-refractivity contribution >= 4 is 26.6 Å². The van der Waals surface area contributed by atoms with E-state index in [0.29, 0.717) is 17.4 Å². The van der Waals surface area contributed by atoms with E-state index in [1.807, 2.05) is 30.5 Å². The second kappa shape index (κ2) is 6.00. The van der Waals surface area contributed by atoms with Gasteiger partial charge in [0.25, 0.3) is 0 Å². The monoisotopic (exact) mass is 383 g/mol. The minimum atomic E-state index is -3.47. The molecule has 2 fully saturated rings. The fourth-order valence-electron chi connectivity index (χ4n) is 4.30. The molecule has 2 aliphatic rings. The second-order valence-corrected chi connectivity index (χ2v) is 9.27. The number of fused-ring (bicyclic) bond motifs is 2. The summed E-state index contributed by atoms with van der Waals surface area (Å²) >= 11 is 0. The van der Waals surface area contributed by atoms with Crippen LogP contribution < -0.4 is 4.90 Å². The number of aromatic hydroxyl groups is 1. The van der Waals surface area contributed by atoms with Gasteiger partial charge in [-0.3, -0.25) is 0 Å². The molecule has 2 aromatic carbocycles. The van der Waals surface area contributed by atoms with Gasteiger partial charge in [0.1, 0.15) is 5.75 Å². The molecule has 27 heavy (non-hydrogen) atoms. The van der Waals surface area contributed by atoms with Crippen molar-refractivity contribution in [2.75, 3.05) is 24.5 Å². The highest BCUT2D eigenvalue weighted by molar-refractivity contribution is 7.89. The Morgan fingerprint density at radius 2 is 1.85 bits per heavy atom. The van der Waals surface area contributed by atoms with Gasteiger partial charge in [-0.25, -0.2) is 8.42 Å². The Kier molecular flexibility index (Phi) is 3.70. The molecule has 1 aromatic heterocycles. The number of phenolic OH excluding ortho intramolecular Hbond substituents is 1. The molecule has 3 aromatic rings. The molecule has 5 rings (SSSR count). The first-order valence-electron chi connectivity index (χ1n) is 9.15. The predicted molar refractivity (Wildman–Crippen MR) is 104 cm³/mol. The highest BCUT2D eigenvalue weighted by Crippen LogP contribution is 2.38. The second-order valence-electron chi connectivity index (χ2n) is 7.38. The van der Waals surface area contributed by atoms with E-state index >= 15 is 0 Å². The van der Waals surface area contributed by atoms with Gasteiger partial charge in [-0.1, -0.05) is 6.07 Å². The van der Waals surface area contributed by atoms with Gasteiger partial charge < -0.3 is 15.0 Å². The lowest BCUT2D eigenvalue weighted by molar-refractivity contribution is 0.0820. The van der Waals surface area contributed by atoms with E-state index in [0.717, 1.165) is 36.1 Å². The van der Waals surface area contributed by atoms with E-state index in [1.165, 1.54) is 0 Å². The summed E-state index contributed by atoms with van der Waals surface area (Å²) in [4.78, 5) is 5.72. The number of sulfonamides is 1. The number of nitrogens with one attached hydrogen (secondary N) is 1. The minimum Gasteiger partial charge on any atom is -0.508 e. The molecule has 0 radical (unpaired) electrons. The van der Waals surface area contributed by atoms with Crippen molar-refractivity contribution in [3.05, 3.63) is 54.7 Å². The molecular formula is C20H21N3O3S. The zero-order valence-corrected chi connectivity index (χ0v) is 15.6. The minimum absolute atomic E-state index is 0.0719. The summed E-state index contributed by atoms with van der Waals surface area (Å²) in [6.45, 7) is 2.22. The lowest BCUT2D eigenvalue weighted by Crippen LogP contribution is -2.64. The Bertz CT molecular complexity index is 1090. The van der Waals surface area contributed by atoms with Crippen LogP contribution in [0.5, 0.6) is 5.75 Å². The van der Waals surface area contributed by atoms with Crippen LogP contribution in [0.1, 0.15) is 6.42 Å². The smallest absolute Gasteiger partial charge is 0.243 e. The lowest BCUT2D eigenvalue weighted by Gasteiger charge is -2.52. The SMILES string of the molecule is O=S(=O)(c1ccc2cc[nH]c2c1)N1CC2CN(c3ccc(O)cc3)CCC21. The Hall–Kier alpha value is -2.51. The van der Waals surface area contributed by atoms with E-state index in [4.69, 9.17) is 0 Å². The summed E-state index contributed by atoms with van der Waals surface area (Å²) < 4.78 is 27.9. The third-order valence-electron chi connectivity index (χ3n) is 5.83. The average molecular weight is 383 g/mol. The van der Waals surface area contributed by atoms with Gasteiger partial charge in [-0.2, -0.15) is 4.31 Å². The van der Waals surface area contributed by atoms with Crippen LogP contribution in [0.4, 0.5) is 5.69 Å². The topological polar surface area (TPSA) is 76.6 Å². The molecule has 2 aliphatic heterocycles. The normalized spacial score (nSPS) is 23.2. The third kappa shape index (κ3) is 2.69. The number of nitrogens with zero attached hydrogens (tertiary/aromatic N) is 2. The van der Waals surface area contributed by atoms with Gasteiger partial charge in [-0.15, -0.1) is 0 Å². The highest BCUT2D eigenvalue weighted by atomic mass is 32.2. The van der Waals surface area contributed by atoms with Crippen LogP contribution in [0.25, 0.3) is 10.9 Å². The number of H-pyrrole nitrogens is 1. The molecule has 2 unspecified atom stereocenters. The Morgan fingerprint density at radius 1 is 1.04 bits per heavy atom. The number of phenols is 1. The molecule has 0 saturated carbocycles. The van der Waals surface area contributed by atoms with Crippen LogP contribution in [0.15, 0.2) is 59.6 Å². The van der Waals surface area contributed by atoms with Gasteiger partial charge in [0, 0.05) is 49.0 Å². The van der Waals surface area contributed by atoms with Crippen molar-refractivity contribution in [1.29, 1.82) is 0 Å². The molecule has 2 saturated heterocycles. The van der Waals surface area contributed by atoms with Crippen molar-refractivity contribution in [3.8, 4) is 5.75 Å². The number of benzene rings is 2. The van der Waals surface area contributed by atoms with E-state index in [9.17, 15) is 13.5 Å². The molecular weight excluding hydrogens is 362 g/mol. The fourth-order valence-corrected chi connectivity index (χ4v) is 6.10. The molecule has 2 N–H and O–H groups in total. The van der Waals surface area contributed by atoms with E-state index < -0.39 is 10.0 Å². The molecule has 0 spiro atoms. The average Bonchev–Trinajstić information content (AvgIpc) is 3.11. The molecule has 3 heterocycles. The van der Waals surface area contributed by atoms with Crippen LogP contribution in [-0.4, -0.2) is 48.5 Å². The van der Waals surface area contributed by atoms with Gasteiger partial charge >= 0.3 is 0 Å². The molecule has 0 amide bonds. The maximum Gasteiger partial charge on any atom is 0.243 e. The number of hydrogen-bond donors (Lipinski definition) is 2. The molecule has 7 heteroatoms. The van der Waals surface area contributed by atoms with Crippen molar-refractivity contribution in [1.82, 2.24) is 9.29 Å². The Morgan fingerprint density at radius 3 is 2.63 bits per heavy atom. The van der Waals surface area contributed by atoms with Crippen molar-refractivity contribution in [2.24, 2.45) is 5.92 Å². The summed E-state index contributed by atoms with van der Waals surface area (Å²) in [5.74, 6) is 0.602. The largest absolute Gasteiger partial charge is 0.508 e. The van der Waals surface area contributed by atoms with E-state index in [1.54, 1.807) is 28.6 Å².